The molecule has 1 unspecified atom stereocenters. The number of phenolic OH excluding ortho intramolecular Hbond substituents is 1. The molecule has 1 aliphatic carbocycles. The Morgan fingerprint density at radius 2 is 1.97 bits per heavy atom. The molecule has 0 amide bonds. The van der Waals surface area contributed by atoms with E-state index in [-0.39, 0.29) is 17.4 Å². The first-order chi connectivity index (χ1) is 18.0. The maximum Gasteiger partial charge on any atom is 0.271 e. The molecule has 0 saturated carbocycles. The molecule has 37 heavy (non-hydrogen) atoms. The van der Waals surface area contributed by atoms with Gasteiger partial charge in [0.05, 0.1) is 26.4 Å². The van der Waals surface area contributed by atoms with E-state index in [2.05, 4.69) is 40.8 Å². The van der Waals surface area contributed by atoms with Gasteiger partial charge in [-0.3, -0.25) is 9.36 Å². The Balaban J connectivity index is 1.60. The predicted molar refractivity (Wildman–Crippen MR) is 156 cm³/mol. The fraction of sp³-hybridized carbons (Fsp3) is 0.172. The number of rotatable bonds is 4. The Hall–Kier alpha value is -2.88. The molecular formula is C29H22ClIN2O3S. The van der Waals surface area contributed by atoms with Crippen LogP contribution in [0.1, 0.15) is 41.6 Å². The number of aromatic hydroxyl groups is 1. The average Bonchev–Trinajstić information content (AvgIpc) is 3.20. The second-order valence-electron chi connectivity index (χ2n) is 8.92. The molecule has 6 rings (SSSR count). The van der Waals surface area contributed by atoms with E-state index in [9.17, 15) is 9.90 Å². The van der Waals surface area contributed by atoms with Crippen LogP contribution >= 0.6 is 45.5 Å². The molecule has 4 aromatic rings. The number of hydrogen-bond acceptors (Lipinski definition) is 5. The second-order valence-corrected chi connectivity index (χ2v) is 11.5. The topological polar surface area (TPSA) is 63.8 Å². The van der Waals surface area contributed by atoms with Crippen LogP contribution in [0.4, 0.5) is 0 Å². The lowest BCUT2D eigenvalue weighted by atomic mass is 9.83. The lowest BCUT2D eigenvalue weighted by Crippen LogP contribution is -2.38. The molecule has 2 heterocycles. The van der Waals surface area contributed by atoms with Gasteiger partial charge in [-0.15, -0.1) is 0 Å². The number of fused-ring (bicyclic) bond motifs is 3. The first-order valence-corrected chi connectivity index (χ1v) is 14.3. The summed E-state index contributed by atoms with van der Waals surface area (Å²) in [5, 5.41) is 11.0. The molecule has 5 nitrogen and oxygen atoms in total. The third-order valence-electron chi connectivity index (χ3n) is 6.72. The van der Waals surface area contributed by atoms with Gasteiger partial charge in [0.1, 0.15) is 0 Å². The van der Waals surface area contributed by atoms with E-state index in [0.717, 1.165) is 40.8 Å². The number of phenols is 1. The number of thiazole rings is 1. The van der Waals surface area contributed by atoms with Gasteiger partial charge in [0.15, 0.2) is 16.3 Å². The van der Waals surface area contributed by atoms with E-state index in [1.54, 1.807) is 10.6 Å². The molecule has 0 bridgehead atoms. The molecule has 186 valence electrons. The molecule has 3 aromatic carbocycles. The van der Waals surface area contributed by atoms with Crippen molar-refractivity contribution in [2.24, 2.45) is 4.99 Å². The monoisotopic (exact) mass is 640 g/mol. The molecular weight excluding hydrogens is 619 g/mol. The summed E-state index contributed by atoms with van der Waals surface area (Å²) in [4.78, 5) is 19.6. The van der Waals surface area contributed by atoms with E-state index in [0.29, 0.717) is 30.3 Å². The van der Waals surface area contributed by atoms with E-state index in [1.807, 2.05) is 49.4 Å². The first kappa shape index (κ1) is 24.5. The Morgan fingerprint density at radius 3 is 2.78 bits per heavy atom. The fourth-order valence-electron chi connectivity index (χ4n) is 5.09. The lowest BCUT2D eigenvalue weighted by molar-refractivity contribution is 0.317. The SMILES string of the molecule is CCOc1cc(C=c2sc3n(c2=O)C(c2ccccc2Cl)C2=C(N=3)c3ccccc3CC2)cc(I)c1O. The number of halogens is 2. The summed E-state index contributed by atoms with van der Waals surface area (Å²) in [6, 6.07) is 19.4. The van der Waals surface area contributed by atoms with Gasteiger partial charge in [0.2, 0.25) is 0 Å². The van der Waals surface area contributed by atoms with Crippen LogP contribution in [0.25, 0.3) is 11.8 Å². The quantitative estimate of drug-likeness (QED) is 0.292. The Kier molecular flexibility index (Phi) is 6.46. The van der Waals surface area contributed by atoms with Crippen LogP contribution in [0.2, 0.25) is 5.02 Å². The van der Waals surface area contributed by atoms with Gasteiger partial charge in [-0.1, -0.05) is 65.4 Å². The van der Waals surface area contributed by atoms with E-state index >= 15 is 0 Å². The van der Waals surface area contributed by atoms with Crippen molar-refractivity contribution in [1.82, 2.24) is 4.57 Å². The molecule has 0 radical (unpaired) electrons. The van der Waals surface area contributed by atoms with Gasteiger partial charge in [-0.2, -0.15) is 0 Å². The van der Waals surface area contributed by atoms with Gasteiger partial charge in [0.25, 0.3) is 5.56 Å². The number of benzene rings is 3. The van der Waals surface area contributed by atoms with Crippen molar-refractivity contribution >= 4 is 57.3 Å². The van der Waals surface area contributed by atoms with Crippen LogP contribution in [0.3, 0.4) is 0 Å². The van der Waals surface area contributed by atoms with Crippen molar-refractivity contribution in [3.05, 3.63) is 117 Å². The standard InChI is InChI=1S/C29H22ClIN2O3S/c1-2-36-23-14-16(13-22(31)27(23)34)15-24-28(35)33-26(19-9-5-6-10-21(19)30)20-12-11-17-7-3-4-8-18(17)25(20)32-29(33)37-24/h3-10,13-15,26,34H,2,11-12H2,1H3. The number of aryl methyl sites for hydroxylation is 1. The maximum absolute atomic E-state index is 13.9. The number of nitrogens with zero attached hydrogens (tertiary/aromatic N) is 2. The van der Waals surface area contributed by atoms with Gasteiger partial charge in [-0.25, -0.2) is 4.99 Å². The highest BCUT2D eigenvalue weighted by molar-refractivity contribution is 14.1. The highest BCUT2D eigenvalue weighted by Crippen LogP contribution is 2.42. The second kappa shape index (κ2) is 9.78. The van der Waals surface area contributed by atoms with Crippen LogP contribution in [0.15, 0.2) is 76.0 Å². The van der Waals surface area contributed by atoms with Crippen molar-refractivity contribution < 1.29 is 9.84 Å². The minimum absolute atomic E-state index is 0.103. The number of hydrogen-bond donors (Lipinski definition) is 1. The smallest absolute Gasteiger partial charge is 0.271 e. The van der Waals surface area contributed by atoms with Crippen LogP contribution in [0.5, 0.6) is 11.5 Å². The largest absolute Gasteiger partial charge is 0.504 e. The molecule has 1 atom stereocenters. The zero-order valence-corrected chi connectivity index (χ0v) is 23.6. The fourth-order valence-corrected chi connectivity index (χ4v) is 6.96. The predicted octanol–water partition coefficient (Wildman–Crippen LogP) is 5.68. The molecule has 1 aromatic heterocycles. The molecule has 0 fully saturated rings. The summed E-state index contributed by atoms with van der Waals surface area (Å²) in [5.74, 6) is 0.501. The molecule has 0 spiro atoms. The minimum Gasteiger partial charge on any atom is -0.504 e. The van der Waals surface area contributed by atoms with Gasteiger partial charge in [-0.05, 0) is 88.9 Å². The Morgan fingerprint density at radius 1 is 1.19 bits per heavy atom. The summed E-state index contributed by atoms with van der Waals surface area (Å²) in [7, 11) is 0. The zero-order valence-electron chi connectivity index (χ0n) is 19.9. The van der Waals surface area contributed by atoms with Gasteiger partial charge >= 0.3 is 0 Å². The van der Waals surface area contributed by atoms with Crippen LogP contribution in [0, 0.1) is 3.57 Å². The summed E-state index contributed by atoms with van der Waals surface area (Å²) in [6.45, 7) is 2.30. The third kappa shape index (κ3) is 4.23. The molecule has 1 N–H and O–H groups in total. The summed E-state index contributed by atoms with van der Waals surface area (Å²) < 4.78 is 8.61. The number of allylic oxidation sites excluding steroid dienone is 1. The highest BCUT2D eigenvalue weighted by atomic mass is 127. The van der Waals surface area contributed by atoms with E-state index in [4.69, 9.17) is 21.3 Å². The van der Waals surface area contributed by atoms with E-state index in [1.165, 1.54) is 16.9 Å². The van der Waals surface area contributed by atoms with Crippen molar-refractivity contribution in [3.63, 3.8) is 0 Å². The van der Waals surface area contributed by atoms with Crippen molar-refractivity contribution in [3.8, 4) is 11.5 Å². The molecule has 1 aliphatic heterocycles. The van der Waals surface area contributed by atoms with Gasteiger partial charge < -0.3 is 9.84 Å². The average molecular weight is 641 g/mol. The van der Waals surface area contributed by atoms with Crippen molar-refractivity contribution in [2.45, 2.75) is 25.8 Å². The summed E-state index contributed by atoms with van der Waals surface area (Å²) >= 11 is 10.1. The zero-order chi connectivity index (χ0) is 25.7. The van der Waals surface area contributed by atoms with E-state index < -0.39 is 0 Å². The lowest BCUT2D eigenvalue weighted by Gasteiger charge is -2.31. The highest BCUT2D eigenvalue weighted by Gasteiger charge is 2.33. The van der Waals surface area contributed by atoms with Crippen LogP contribution in [-0.4, -0.2) is 16.3 Å². The summed E-state index contributed by atoms with van der Waals surface area (Å²) in [6.07, 6.45) is 3.54. The Labute approximate surface area is 236 Å². The number of ether oxygens (including phenoxy) is 1. The third-order valence-corrected chi connectivity index (χ3v) is 8.87. The molecule has 2 aliphatic rings. The van der Waals surface area contributed by atoms with Crippen molar-refractivity contribution in [1.29, 1.82) is 0 Å². The normalized spacial score (nSPS) is 16.6. The minimum atomic E-state index is -0.325. The first-order valence-electron chi connectivity index (χ1n) is 12.0. The van der Waals surface area contributed by atoms with Gasteiger partial charge in [0, 0.05) is 10.6 Å². The van der Waals surface area contributed by atoms with Crippen molar-refractivity contribution in [2.75, 3.05) is 6.61 Å². The molecule has 0 saturated heterocycles. The van der Waals surface area contributed by atoms with Crippen LogP contribution < -0.4 is 19.6 Å². The number of aromatic nitrogens is 1. The molecule has 8 heteroatoms. The summed E-state index contributed by atoms with van der Waals surface area (Å²) in [5.41, 5.74) is 6.01. The van der Waals surface area contributed by atoms with Crippen LogP contribution in [-0.2, 0) is 6.42 Å². The maximum atomic E-state index is 13.9. The Bertz CT molecular complexity index is 1770.